The van der Waals surface area contributed by atoms with Crippen molar-refractivity contribution < 1.29 is 13.9 Å². The highest BCUT2D eigenvalue weighted by molar-refractivity contribution is 8.00. The summed E-state index contributed by atoms with van der Waals surface area (Å²) in [5.74, 6) is 0.0699. The van der Waals surface area contributed by atoms with Gasteiger partial charge in [-0.1, -0.05) is 11.8 Å². The van der Waals surface area contributed by atoms with Gasteiger partial charge in [-0.25, -0.2) is 9.18 Å². The molecular formula is C23H23FN6O3S. The van der Waals surface area contributed by atoms with Crippen LogP contribution < -0.4 is 11.0 Å². The smallest absolute Gasteiger partial charge is 0.323 e. The Kier molecular flexibility index (Phi) is 6.20. The second-order valence-corrected chi connectivity index (χ2v) is 9.46. The third kappa shape index (κ3) is 4.75. The number of nitrogens with one attached hydrogen (secondary N) is 3. The number of thioether (sulfide) groups is 1. The van der Waals surface area contributed by atoms with Crippen molar-refractivity contribution in [3.63, 3.8) is 0 Å². The van der Waals surface area contributed by atoms with E-state index in [-0.39, 0.29) is 23.5 Å². The zero-order valence-corrected chi connectivity index (χ0v) is 19.2. The van der Waals surface area contributed by atoms with Crippen molar-refractivity contribution in [1.29, 1.82) is 0 Å². The lowest BCUT2D eigenvalue weighted by Gasteiger charge is -2.16. The summed E-state index contributed by atoms with van der Waals surface area (Å²) in [5, 5.41) is 11.7. The minimum atomic E-state index is -0.477. The van der Waals surface area contributed by atoms with Crippen LogP contribution in [-0.2, 0) is 16.1 Å². The van der Waals surface area contributed by atoms with Gasteiger partial charge in [0.2, 0.25) is 5.91 Å². The van der Waals surface area contributed by atoms with E-state index in [0.717, 1.165) is 25.0 Å². The summed E-state index contributed by atoms with van der Waals surface area (Å²) in [6.45, 7) is 3.06. The van der Waals surface area contributed by atoms with Gasteiger partial charge in [-0.3, -0.25) is 9.36 Å². The van der Waals surface area contributed by atoms with Crippen LogP contribution in [0.4, 0.5) is 10.1 Å². The van der Waals surface area contributed by atoms with Gasteiger partial charge in [-0.05, 0) is 62.2 Å². The molecule has 0 saturated carbocycles. The summed E-state index contributed by atoms with van der Waals surface area (Å²) >= 11 is 1.29. The van der Waals surface area contributed by atoms with Gasteiger partial charge in [-0.2, -0.15) is 0 Å². The average Bonchev–Trinajstić information content (AvgIpc) is 3.55. The van der Waals surface area contributed by atoms with E-state index >= 15 is 0 Å². The number of hydrogen-bond donors (Lipinski definition) is 3. The number of fused-ring (bicyclic) bond motifs is 1. The fourth-order valence-electron chi connectivity index (χ4n) is 3.91. The minimum absolute atomic E-state index is 0.0360. The lowest BCUT2D eigenvalue weighted by atomic mass is 10.2. The molecule has 3 heterocycles. The number of rotatable bonds is 7. The van der Waals surface area contributed by atoms with Crippen LogP contribution in [0.3, 0.4) is 0 Å². The van der Waals surface area contributed by atoms with Gasteiger partial charge >= 0.3 is 5.69 Å². The number of hydrogen-bond acceptors (Lipinski definition) is 6. The lowest BCUT2D eigenvalue weighted by molar-refractivity contribution is -0.115. The summed E-state index contributed by atoms with van der Waals surface area (Å²) < 4.78 is 21.2. The molecule has 4 aromatic rings. The van der Waals surface area contributed by atoms with Crippen LogP contribution in [0.1, 0.15) is 19.8 Å². The van der Waals surface area contributed by atoms with Crippen LogP contribution in [-0.4, -0.2) is 48.6 Å². The predicted octanol–water partition coefficient (Wildman–Crippen LogP) is 3.55. The maximum Gasteiger partial charge on any atom is 0.323 e. The first-order chi connectivity index (χ1) is 16.5. The van der Waals surface area contributed by atoms with Crippen molar-refractivity contribution in [3.8, 4) is 11.4 Å². The summed E-state index contributed by atoms with van der Waals surface area (Å²) in [6, 6.07) is 11.3. The monoisotopic (exact) mass is 482 g/mol. The molecule has 2 atom stereocenters. The molecule has 0 radical (unpaired) electrons. The largest absolute Gasteiger partial charge is 0.376 e. The van der Waals surface area contributed by atoms with Gasteiger partial charge in [0, 0.05) is 17.9 Å². The number of aromatic nitrogens is 5. The Hall–Kier alpha value is -3.44. The molecular weight excluding hydrogens is 459 g/mol. The summed E-state index contributed by atoms with van der Waals surface area (Å²) in [4.78, 5) is 29.7. The van der Waals surface area contributed by atoms with Crippen LogP contribution >= 0.6 is 11.8 Å². The van der Waals surface area contributed by atoms with Crippen molar-refractivity contribution in [3.05, 3.63) is 58.8 Å². The van der Waals surface area contributed by atoms with Gasteiger partial charge in [0.15, 0.2) is 11.0 Å². The molecule has 1 amide bonds. The Labute approximate surface area is 198 Å². The van der Waals surface area contributed by atoms with E-state index in [0.29, 0.717) is 34.2 Å². The highest BCUT2D eigenvalue weighted by Gasteiger charge is 2.25. The van der Waals surface area contributed by atoms with E-state index in [1.807, 2.05) is 4.57 Å². The maximum atomic E-state index is 13.4. The molecule has 1 aliphatic heterocycles. The van der Waals surface area contributed by atoms with E-state index < -0.39 is 5.25 Å². The highest BCUT2D eigenvalue weighted by Crippen LogP contribution is 2.29. The molecule has 176 valence electrons. The number of amides is 1. The first-order valence-electron chi connectivity index (χ1n) is 11.0. The second-order valence-electron chi connectivity index (χ2n) is 8.15. The Morgan fingerprint density at radius 2 is 2.03 bits per heavy atom. The zero-order chi connectivity index (χ0) is 23.7. The van der Waals surface area contributed by atoms with Gasteiger partial charge in [0.25, 0.3) is 0 Å². The third-order valence-electron chi connectivity index (χ3n) is 5.66. The van der Waals surface area contributed by atoms with Gasteiger partial charge in [-0.15, -0.1) is 10.2 Å². The lowest BCUT2D eigenvalue weighted by Crippen LogP contribution is -2.23. The normalized spacial score (nSPS) is 16.7. The van der Waals surface area contributed by atoms with Gasteiger partial charge in [0.1, 0.15) is 5.82 Å². The fraction of sp³-hybridized carbons (Fsp3) is 0.304. The Morgan fingerprint density at radius 1 is 1.24 bits per heavy atom. The standard InChI is InChI=1S/C23H23FN6O3S/c1-13(21(31)25-16-8-9-18-19(11-16)27-22(32)26-18)34-23-29-28-20(14-4-6-15(24)7-5-14)30(23)12-17-3-2-10-33-17/h4-9,11,13,17H,2-3,10,12H2,1H3,(H,25,31)(H2,26,27,32)/t13-,17-/m0/s1. The number of halogens is 1. The maximum absolute atomic E-state index is 13.4. The Balaban J connectivity index is 1.35. The van der Waals surface area contributed by atoms with E-state index in [2.05, 4.69) is 25.5 Å². The fourth-order valence-corrected chi connectivity index (χ4v) is 4.77. The number of imidazole rings is 1. The SMILES string of the molecule is C[C@H](Sc1nnc(-c2ccc(F)cc2)n1C[C@@H]1CCCO1)C(=O)Nc1ccc2[nH]c(=O)[nH]c2c1. The van der Waals surface area contributed by atoms with E-state index in [9.17, 15) is 14.0 Å². The molecule has 11 heteroatoms. The third-order valence-corrected chi connectivity index (χ3v) is 6.74. The van der Waals surface area contributed by atoms with Crippen molar-refractivity contribution in [2.75, 3.05) is 11.9 Å². The molecule has 0 spiro atoms. The number of aromatic amines is 2. The number of nitrogens with zero attached hydrogens (tertiary/aromatic N) is 3. The number of benzene rings is 2. The van der Waals surface area contributed by atoms with Gasteiger partial charge < -0.3 is 20.0 Å². The predicted molar refractivity (Wildman–Crippen MR) is 127 cm³/mol. The second kappa shape index (κ2) is 9.43. The molecule has 2 aromatic heterocycles. The molecule has 3 N–H and O–H groups in total. The van der Waals surface area contributed by atoms with Crippen molar-refractivity contribution in [1.82, 2.24) is 24.7 Å². The molecule has 5 rings (SSSR count). The summed E-state index contributed by atoms with van der Waals surface area (Å²) in [6.07, 6.45) is 1.97. The first-order valence-corrected chi connectivity index (χ1v) is 11.8. The Morgan fingerprint density at radius 3 is 2.79 bits per heavy atom. The quantitative estimate of drug-likeness (QED) is 0.347. The summed E-state index contributed by atoms with van der Waals surface area (Å²) in [7, 11) is 0. The van der Waals surface area contributed by atoms with Gasteiger partial charge in [0.05, 0.1) is 28.9 Å². The van der Waals surface area contributed by atoms with E-state index in [1.54, 1.807) is 37.3 Å². The molecule has 0 unspecified atom stereocenters. The molecule has 1 fully saturated rings. The van der Waals surface area contributed by atoms with Crippen LogP contribution in [0, 0.1) is 5.82 Å². The number of carbonyl (C=O) groups excluding carboxylic acids is 1. The highest BCUT2D eigenvalue weighted by atomic mass is 32.2. The van der Waals surface area contributed by atoms with Crippen molar-refractivity contribution in [2.45, 2.75) is 42.8 Å². The van der Waals surface area contributed by atoms with Crippen LogP contribution in [0.5, 0.6) is 0 Å². The molecule has 34 heavy (non-hydrogen) atoms. The van der Waals surface area contributed by atoms with E-state index in [4.69, 9.17) is 4.74 Å². The van der Waals surface area contributed by atoms with Crippen LogP contribution in [0.2, 0.25) is 0 Å². The van der Waals surface area contributed by atoms with Crippen LogP contribution in [0.15, 0.2) is 52.4 Å². The number of ether oxygens (including phenoxy) is 1. The van der Waals surface area contributed by atoms with Crippen molar-refractivity contribution >= 4 is 34.4 Å². The minimum Gasteiger partial charge on any atom is -0.376 e. The van der Waals surface area contributed by atoms with Crippen molar-refractivity contribution in [2.24, 2.45) is 0 Å². The molecule has 1 aliphatic rings. The number of anilines is 1. The Bertz CT molecular complexity index is 1370. The summed E-state index contributed by atoms with van der Waals surface area (Å²) in [5.41, 5.74) is 2.30. The molecule has 2 aromatic carbocycles. The topological polar surface area (TPSA) is 118 Å². The number of H-pyrrole nitrogens is 2. The first kappa shape index (κ1) is 22.4. The van der Waals surface area contributed by atoms with Crippen LogP contribution in [0.25, 0.3) is 22.4 Å². The molecule has 0 bridgehead atoms. The number of carbonyl (C=O) groups is 1. The molecule has 9 nitrogen and oxygen atoms in total. The average molecular weight is 483 g/mol. The molecule has 1 saturated heterocycles. The van der Waals surface area contributed by atoms with E-state index in [1.165, 1.54) is 23.9 Å². The zero-order valence-electron chi connectivity index (χ0n) is 18.4. The molecule has 0 aliphatic carbocycles.